The van der Waals surface area contributed by atoms with Crippen molar-refractivity contribution in [2.24, 2.45) is 0 Å². The molecule has 21 heavy (non-hydrogen) atoms. The van der Waals surface area contributed by atoms with Crippen molar-refractivity contribution in [1.29, 1.82) is 5.26 Å². The first-order chi connectivity index (χ1) is 10.2. The minimum atomic E-state index is -0.466. The topological polar surface area (TPSA) is 62.1 Å². The minimum Gasteiger partial charge on any atom is -0.369 e. The summed E-state index contributed by atoms with van der Waals surface area (Å²) in [5, 5.41) is 11.5. The number of nitriles is 1. The van der Waals surface area contributed by atoms with Gasteiger partial charge in [0.25, 0.3) is 5.91 Å². The molecule has 0 aliphatic rings. The fourth-order valence-corrected chi connectivity index (χ4v) is 1.91. The van der Waals surface area contributed by atoms with Crippen molar-refractivity contribution in [2.45, 2.75) is 52.1 Å². The lowest BCUT2D eigenvalue weighted by molar-refractivity contribution is -0.126. The van der Waals surface area contributed by atoms with Crippen molar-refractivity contribution in [3.63, 3.8) is 0 Å². The van der Waals surface area contributed by atoms with E-state index in [1.165, 1.54) is 19.3 Å². The van der Waals surface area contributed by atoms with E-state index in [0.29, 0.717) is 17.9 Å². The lowest BCUT2D eigenvalue weighted by atomic mass is 10.2. The van der Waals surface area contributed by atoms with Crippen LogP contribution < -0.4 is 5.32 Å². The highest BCUT2D eigenvalue weighted by molar-refractivity contribution is 5.93. The Morgan fingerprint density at radius 2 is 1.90 bits per heavy atom. The van der Waals surface area contributed by atoms with Gasteiger partial charge in [0.05, 0.1) is 11.6 Å². The third-order valence-electron chi connectivity index (χ3n) is 3.27. The Kier molecular flexibility index (Phi) is 8.15. The number of rotatable bonds is 9. The molecule has 0 spiro atoms. The second-order valence-electron chi connectivity index (χ2n) is 5.11. The van der Waals surface area contributed by atoms with Crippen LogP contribution in [0.1, 0.15) is 51.5 Å². The fourth-order valence-electron chi connectivity index (χ4n) is 1.91. The van der Waals surface area contributed by atoms with E-state index in [0.717, 1.165) is 12.8 Å². The monoisotopic (exact) mass is 288 g/mol. The normalized spacial score (nSPS) is 11.7. The van der Waals surface area contributed by atoms with E-state index in [2.05, 4.69) is 12.2 Å². The second kappa shape index (κ2) is 9.95. The van der Waals surface area contributed by atoms with E-state index in [1.54, 1.807) is 31.2 Å². The zero-order valence-corrected chi connectivity index (χ0v) is 12.9. The summed E-state index contributed by atoms with van der Waals surface area (Å²) in [7, 11) is 0. The average Bonchev–Trinajstić information content (AvgIpc) is 2.51. The van der Waals surface area contributed by atoms with Crippen LogP contribution in [0.15, 0.2) is 24.3 Å². The van der Waals surface area contributed by atoms with Crippen LogP contribution in [0.3, 0.4) is 0 Å². The van der Waals surface area contributed by atoms with Crippen LogP contribution >= 0.6 is 0 Å². The number of ether oxygens (including phenoxy) is 1. The van der Waals surface area contributed by atoms with Gasteiger partial charge in [0.2, 0.25) is 0 Å². The van der Waals surface area contributed by atoms with E-state index in [-0.39, 0.29) is 5.91 Å². The Morgan fingerprint density at radius 3 is 2.52 bits per heavy atom. The molecule has 0 aliphatic heterocycles. The Hall–Kier alpha value is -1.86. The summed E-state index contributed by atoms with van der Waals surface area (Å²) in [6, 6.07) is 8.82. The summed E-state index contributed by atoms with van der Waals surface area (Å²) >= 11 is 0. The molecule has 0 radical (unpaired) electrons. The molecule has 4 nitrogen and oxygen atoms in total. The van der Waals surface area contributed by atoms with Gasteiger partial charge >= 0.3 is 0 Å². The van der Waals surface area contributed by atoms with Crippen LogP contribution in [0.25, 0.3) is 0 Å². The van der Waals surface area contributed by atoms with Crippen LogP contribution in [-0.4, -0.2) is 18.6 Å². The van der Waals surface area contributed by atoms with Gasteiger partial charge in [-0.25, -0.2) is 0 Å². The molecule has 1 amide bonds. The molecule has 0 fully saturated rings. The van der Waals surface area contributed by atoms with Crippen molar-refractivity contribution in [1.82, 2.24) is 0 Å². The van der Waals surface area contributed by atoms with Gasteiger partial charge in [-0.2, -0.15) is 5.26 Å². The quantitative estimate of drug-likeness (QED) is 0.701. The summed E-state index contributed by atoms with van der Waals surface area (Å²) < 4.78 is 5.54. The molecule has 0 aliphatic carbocycles. The van der Waals surface area contributed by atoms with E-state index in [9.17, 15) is 4.79 Å². The number of benzene rings is 1. The second-order valence-corrected chi connectivity index (χ2v) is 5.11. The van der Waals surface area contributed by atoms with Gasteiger partial charge < -0.3 is 10.1 Å². The molecule has 1 rings (SSSR count). The molecule has 1 N–H and O–H groups in total. The molecule has 0 heterocycles. The number of nitrogens with zero attached hydrogens (tertiary/aromatic N) is 1. The molecular weight excluding hydrogens is 264 g/mol. The predicted octanol–water partition coefficient (Wildman–Crippen LogP) is 3.87. The lowest BCUT2D eigenvalue weighted by Gasteiger charge is -2.13. The number of anilines is 1. The highest BCUT2D eigenvalue weighted by Crippen LogP contribution is 2.10. The summed E-state index contributed by atoms with van der Waals surface area (Å²) in [5.74, 6) is -0.159. The average molecular weight is 288 g/mol. The van der Waals surface area contributed by atoms with Crippen molar-refractivity contribution in [2.75, 3.05) is 11.9 Å². The first kappa shape index (κ1) is 17.2. The van der Waals surface area contributed by atoms with E-state index in [1.807, 2.05) is 6.07 Å². The highest BCUT2D eigenvalue weighted by Gasteiger charge is 2.13. The van der Waals surface area contributed by atoms with Crippen LogP contribution in [0, 0.1) is 11.3 Å². The smallest absolute Gasteiger partial charge is 0.253 e. The number of nitrogens with one attached hydrogen (secondary N) is 1. The van der Waals surface area contributed by atoms with Gasteiger partial charge in [-0.1, -0.05) is 32.6 Å². The summed E-state index contributed by atoms with van der Waals surface area (Å²) in [6.07, 6.45) is 5.39. The zero-order valence-electron chi connectivity index (χ0n) is 12.9. The number of carbonyl (C=O) groups excluding carboxylic acids is 1. The van der Waals surface area contributed by atoms with Crippen LogP contribution in [0.2, 0.25) is 0 Å². The van der Waals surface area contributed by atoms with Crippen molar-refractivity contribution in [3.8, 4) is 6.07 Å². The number of carbonyl (C=O) groups is 1. The zero-order chi connectivity index (χ0) is 15.5. The van der Waals surface area contributed by atoms with Gasteiger partial charge in [0.1, 0.15) is 6.10 Å². The minimum absolute atomic E-state index is 0.159. The molecular formula is C17H24N2O2. The maximum atomic E-state index is 11.9. The molecule has 1 unspecified atom stereocenters. The highest BCUT2D eigenvalue weighted by atomic mass is 16.5. The third kappa shape index (κ3) is 6.92. The first-order valence-corrected chi connectivity index (χ1v) is 7.60. The fraction of sp³-hybridized carbons (Fsp3) is 0.529. The molecule has 1 atom stereocenters. The SMILES string of the molecule is CCCCCCCOC(C)C(=O)Nc1ccc(C#N)cc1. The lowest BCUT2D eigenvalue weighted by Crippen LogP contribution is -2.28. The maximum absolute atomic E-state index is 11.9. The Morgan fingerprint density at radius 1 is 1.24 bits per heavy atom. The van der Waals surface area contributed by atoms with Gasteiger partial charge in [0, 0.05) is 12.3 Å². The van der Waals surface area contributed by atoms with Crippen molar-refractivity contribution in [3.05, 3.63) is 29.8 Å². The number of hydrogen-bond acceptors (Lipinski definition) is 3. The van der Waals surface area contributed by atoms with E-state index in [4.69, 9.17) is 10.00 Å². The molecule has 4 heteroatoms. The third-order valence-corrected chi connectivity index (χ3v) is 3.27. The largest absolute Gasteiger partial charge is 0.369 e. The number of unbranched alkanes of at least 4 members (excludes halogenated alkanes) is 4. The Labute approximate surface area is 127 Å². The van der Waals surface area contributed by atoms with Crippen LogP contribution in [0.4, 0.5) is 5.69 Å². The van der Waals surface area contributed by atoms with Crippen LogP contribution in [-0.2, 0) is 9.53 Å². The molecule has 0 bridgehead atoms. The summed E-state index contributed by atoms with van der Waals surface area (Å²) in [5.41, 5.74) is 1.25. The Balaban J connectivity index is 2.25. The Bertz CT molecular complexity index is 463. The molecule has 0 aromatic heterocycles. The summed E-state index contributed by atoms with van der Waals surface area (Å²) in [6.45, 7) is 4.56. The van der Waals surface area contributed by atoms with E-state index < -0.39 is 6.10 Å². The molecule has 1 aromatic carbocycles. The number of amides is 1. The van der Waals surface area contributed by atoms with Gasteiger partial charge in [-0.15, -0.1) is 0 Å². The predicted molar refractivity (Wildman–Crippen MR) is 84.0 cm³/mol. The van der Waals surface area contributed by atoms with Gasteiger partial charge in [0.15, 0.2) is 0 Å². The molecule has 114 valence electrons. The van der Waals surface area contributed by atoms with Crippen molar-refractivity contribution >= 4 is 11.6 Å². The van der Waals surface area contributed by atoms with Gasteiger partial charge in [-0.3, -0.25) is 4.79 Å². The van der Waals surface area contributed by atoms with Crippen LogP contribution in [0.5, 0.6) is 0 Å². The first-order valence-electron chi connectivity index (χ1n) is 7.60. The standard InChI is InChI=1S/C17H24N2O2/c1-3-4-5-6-7-12-21-14(2)17(20)19-16-10-8-15(13-18)9-11-16/h8-11,14H,3-7,12H2,1-2H3,(H,19,20). The summed E-state index contributed by atoms with van der Waals surface area (Å²) in [4.78, 5) is 11.9. The van der Waals surface area contributed by atoms with Gasteiger partial charge in [-0.05, 0) is 37.6 Å². The maximum Gasteiger partial charge on any atom is 0.253 e. The van der Waals surface area contributed by atoms with E-state index >= 15 is 0 Å². The number of hydrogen-bond donors (Lipinski definition) is 1. The van der Waals surface area contributed by atoms with Crippen molar-refractivity contribution < 1.29 is 9.53 Å². The molecule has 0 saturated carbocycles. The molecule has 1 aromatic rings. The molecule has 0 saturated heterocycles.